The first-order valence-corrected chi connectivity index (χ1v) is 8.38. The Bertz CT molecular complexity index is 931. The number of carbonyl (C=O) groups excluding carboxylic acids is 2. The molecule has 0 spiro atoms. The number of anilines is 1. The number of methoxy groups -OCH3 is 2. The van der Waals surface area contributed by atoms with E-state index in [1.807, 2.05) is 6.07 Å². The van der Waals surface area contributed by atoms with E-state index in [2.05, 4.69) is 5.32 Å². The maximum atomic E-state index is 12.2. The van der Waals surface area contributed by atoms with Gasteiger partial charge in [0.2, 0.25) is 0 Å². The molecule has 1 amide bonds. The Morgan fingerprint density at radius 3 is 2.61 bits per heavy atom. The summed E-state index contributed by atoms with van der Waals surface area (Å²) >= 11 is 0. The lowest BCUT2D eigenvalue weighted by atomic mass is 10.1. The second kappa shape index (κ2) is 9.78. The molecule has 2 aromatic carbocycles. The monoisotopic (exact) mass is 380 g/mol. The van der Waals surface area contributed by atoms with E-state index in [-0.39, 0.29) is 0 Å². The smallest absolute Gasteiger partial charge is 0.331 e. The van der Waals surface area contributed by atoms with Crippen LogP contribution in [0.2, 0.25) is 0 Å². The summed E-state index contributed by atoms with van der Waals surface area (Å²) in [6.07, 6.45) is 1.73. The van der Waals surface area contributed by atoms with Crippen molar-refractivity contribution < 1.29 is 23.8 Å². The third kappa shape index (κ3) is 5.61. The van der Waals surface area contributed by atoms with E-state index in [4.69, 9.17) is 19.5 Å². The van der Waals surface area contributed by atoms with Crippen LogP contribution in [-0.2, 0) is 14.3 Å². The quantitative estimate of drug-likeness (QED) is 0.585. The van der Waals surface area contributed by atoms with Crippen LogP contribution < -0.4 is 14.8 Å². The van der Waals surface area contributed by atoms with Gasteiger partial charge in [0.05, 0.1) is 25.9 Å². The van der Waals surface area contributed by atoms with Gasteiger partial charge < -0.3 is 19.5 Å². The lowest BCUT2D eigenvalue weighted by molar-refractivity contribution is -0.148. The van der Waals surface area contributed by atoms with Crippen LogP contribution in [0.5, 0.6) is 11.5 Å². The molecule has 2 rings (SSSR count). The molecule has 0 aliphatic rings. The van der Waals surface area contributed by atoms with Crippen LogP contribution in [-0.4, -0.2) is 32.2 Å². The molecule has 7 heteroatoms. The molecule has 0 aliphatic heterocycles. The van der Waals surface area contributed by atoms with E-state index < -0.39 is 18.0 Å². The molecule has 0 bridgehead atoms. The first-order chi connectivity index (χ1) is 13.5. The van der Waals surface area contributed by atoms with E-state index >= 15 is 0 Å². The van der Waals surface area contributed by atoms with E-state index in [1.165, 1.54) is 32.3 Å². The van der Waals surface area contributed by atoms with E-state index in [1.54, 1.807) is 43.5 Å². The molecule has 144 valence electrons. The summed E-state index contributed by atoms with van der Waals surface area (Å²) < 4.78 is 15.5. The number of nitrogens with one attached hydrogen (secondary N) is 1. The molecule has 0 aromatic heterocycles. The lowest BCUT2D eigenvalue weighted by Crippen LogP contribution is -2.29. The molecule has 0 unspecified atom stereocenters. The summed E-state index contributed by atoms with van der Waals surface area (Å²) in [7, 11) is 3.06. The number of carbonyl (C=O) groups is 2. The standard InChI is InChI=1S/C21H20N2O5/c1-14(21(25)23-17-6-4-5-15(11-17)13-22)28-20(24)10-8-16-7-9-18(26-2)12-19(16)27-3/h4-12,14H,1-3H3,(H,23,25)/b10-8+/t14-/m1/s1. The number of rotatable bonds is 7. The number of amides is 1. The Hall–Kier alpha value is -3.79. The molecule has 28 heavy (non-hydrogen) atoms. The van der Waals surface area contributed by atoms with Gasteiger partial charge in [-0.3, -0.25) is 4.79 Å². The first kappa shape index (κ1) is 20.5. The highest BCUT2D eigenvalue weighted by Gasteiger charge is 2.17. The Labute approximate surface area is 163 Å². The average Bonchev–Trinajstić information content (AvgIpc) is 2.72. The Kier molecular flexibility index (Phi) is 7.17. The minimum absolute atomic E-state index is 0.416. The SMILES string of the molecule is COc1ccc(/C=C/C(=O)O[C@H](C)C(=O)Nc2cccc(C#N)c2)c(OC)c1. The topological polar surface area (TPSA) is 97.6 Å². The number of benzene rings is 2. The van der Waals surface area contributed by atoms with Gasteiger partial charge in [0.15, 0.2) is 6.10 Å². The van der Waals surface area contributed by atoms with Crippen LogP contribution in [0.3, 0.4) is 0 Å². The van der Waals surface area contributed by atoms with Crippen molar-refractivity contribution in [3.8, 4) is 17.6 Å². The number of nitriles is 1. The second-order valence-corrected chi connectivity index (χ2v) is 5.70. The molecule has 0 saturated heterocycles. The van der Waals surface area contributed by atoms with Gasteiger partial charge in [0.25, 0.3) is 5.91 Å². The zero-order valence-corrected chi connectivity index (χ0v) is 15.8. The predicted molar refractivity (Wildman–Crippen MR) is 104 cm³/mol. The molecule has 0 radical (unpaired) electrons. The van der Waals surface area contributed by atoms with Gasteiger partial charge in [-0.25, -0.2) is 4.79 Å². The first-order valence-electron chi connectivity index (χ1n) is 8.38. The molecule has 0 fully saturated rings. The molecule has 1 atom stereocenters. The van der Waals surface area contributed by atoms with E-state index in [0.717, 1.165) is 0 Å². The fourth-order valence-corrected chi connectivity index (χ4v) is 2.29. The largest absolute Gasteiger partial charge is 0.497 e. The van der Waals surface area contributed by atoms with Gasteiger partial charge in [0, 0.05) is 23.4 Å². The molecule has 2 aromatic rings. The van der Waals surface area contributed by atoms with Crippen LogP contribution in [0.1, 0.15) is 18.1 Å². The summed E-state index contributed by atoms with van der Waals surface area (Å²) in [6, 6.07) is 13.6. The maximum Gasteiger partial charge on any atom is 0.331 e. The van der Waals surface area contributed by atoms with E-state index in [9.17, 15) is 9.59 Å². The van der Waals surface area contributed by atoms with Gasteiger partial charge >= 0.3 is 5.97 Å². The Morgan fingerprint density at radius 2 is 1.93 bits per heavy atom. The fraction of sp³-hybridized carbons (Fsp3) is 0.190. The second-order valence-electron chi connectivity index (χ2n) is 5.70. The molecule has 7 nitrogen and oxygen atoms in total. The summed E-state index contributed by atoms with van der Waals surface area (Å²) in [6.45, 7) is 1.46. The molecule has 0 heterocycles. The molecule has 0 aliphatic carbocycles. The normalized spacial score (nSPS) is 11.4. The van der Waals surface area contributed by atoms with Crippen molar-refractivity contribution in [2.75, 3.05) is 19.5 Å². The van der Waals surface area contributed by atoms with Crippen molar-refractivity contribution in [3.05, 3.63) is 59.7 Å². The highest BCUT2D eigenvalue weighted by molar-refractivity contribution is 5.96. The number of hydrogen-bond acceptors (Lipinski definition) is 6. The molecule has 1 N–H and O–H groups in total. The Balaban J connectivity index is 1.97. The van der Waals surface area contributed by atoms with Crippen molar-refractivity contribution in [1.82, 2.24) is 0 Å². The van der Waals surface area contributed by atoms with Crippen molar-refractivity contribution in [2.45, 2.75) is 13.0 Å². The van der Waals surface area contributed by atoms with Gasteiger partial charge in [-0.1, -0.05) is 6.07 Å². The summed E-state index contributed by atoms with van der Waals surface area (Å²) in [5, 5.41) is 11.5. The number of nitrogens with zero attached hydrogens (tertiary/aromatic N) is 1. The minimum Gasteiger partial charge on any atom is -0.497 e. The minimum atomic E-state index is -1.01. The van der Waals surface area contributed by atoms with Crippen LogP contribution in [0.25, 0.3) is 6.08 Å². The van der Waals surface area contributed by atoms with Crippen LogP contribution in [0, 0.1) is 11.3 Å². The summed E-state index contributed by atoms with van der Waals surface area (Å²) in [5.41, 5.74) is 1.52. The zero-order valence-electron chi connectivity index (χ0n) is 15.8. The molecular weight excluding hydrogens is 360 g/mol. The third-order valence-electron chi connectivity index (χ3n) is 3.76. The predicted octanol–water partition coefficient (Wildman–Crippen LogP) is 3.16. The number of hydrogen-bond donors (Lipinski definition) is 1. The fourth-order valence-electron chi connectivity index (χ4n) is 2.29. The molecule has 0 saturated carbocycles. The lowest BCUT2D eigenvalue weighted by Gasteiger charge is -2.12. The van der Waals surface area contributed by atoms with Gasteiger partial charge in [0.1, 0.15) is 11.5 Å². The van der Waals surface area contributed by atoms with Crippen molar-refractivity contribution in [1.29, 1.82) is 5.26 Å². The van der Waals surface area contributed by atoms with Crippen molar-refractivity contribution in [3.63, 3.8) is 0 Å². The summed E-state index contributed by atoms with van der Waals surface area (Å²) in [5.74, 6) is -0.0148. The Morgan fingerprint density at radius 1 is 1.14 bits per heavy atom. The summed E-state index contributed by atoms with van der Waals surface area (Å²) in [4.78, 5) is 24.2. The average molecular weight is 380 g/mol. The van der Waals surface area contributed by atoms with Crippen LogP contribution in [0.15, 0.2) is 48.5 Å². The van der Waals surface area contributed by atoms with Crippen molar-refractivity contribution >= 4 is 23.6 Å². The molecular formula is C21H20N2O5. The van der Waals surface area contributed by atoms with Crippen LogP contribution >= 0.6 is 0 Å². The van der Waals surface area contributed by atoms with Gasteiger partial charge in [-0.05, 0) is 43.3 Å². The van der Waals surface area contributed by atoms with Gasteiger partial charge in [-0.15, -0.1) is 0 Å². The van der Waals surface area contributed by atoms with E-state index in [0.29, 0.717) is 28.3 Å². The highest BCUT2D eigenvalue weighted by Crippen LogP contribution is 2.25. The van der Waals surface area contributed by atoms with Gasteiger partial charge in [-0.2, -0.15) is 5.26 Å². The third-order valence-corrected chi connectivity index (χ3v) is 3.76. The van der Waals surface area contributed by atoms with Crippen LogP contribution in [0.4, 0.5) is 5.69 Å². The zero-order chi connectivity index (χ0) is 20.5. The maximum absolute atomic E-state index is 12.2. The number of ether oxygens (including phenoxy) is 3. The highest BCUT2D eigenvalue weighted by atomic mass is 16.5. The number of esters is 1. The van der Waals surface area contributed by atoms with Crippen molar-refractivity contribution in [2.24, 2.45) is 0 Å².